The van der Waals surface area contributed by atoms with Crippen LogP contribution in [0.5, 0.6) is 0 Å². The van der Waals surface area contributed by atoms with Crippen molar-refractivity contribution in [2.24, 2.45) is 0 Å². The largest absolute Gasteiger partial charge is 0.292 e. The Labute approximate surface area is 127 Å². The molecule has 1 atom stereocenters. The molecule has 1 nitrogen and oxygen atoms in total. The minimum absolute atomic E-state index is 0.186. The average Bonchev–Trinajstić information content (AvgIpc) is 2.54. The summed E-state index contributed by atoms with van der Waals surface area (Å²) in [4.78, 5) is 12.4. The lowest BCUT2D eigenvalue weighted by Gasteiger charge is -2.10. The van der Waals surface area contributed by atoms with E-state index in [1.165, 1.54) is 24.3 Å². The molecule has 0 spiro atoms. The molecule has 21 heavy (non-hydrogen) atoms. The van der Waals surface area contributed by atoms with Crippen LogP contribution in [0.1, 0.15) is 21.3 Å². The van der Waals surface area contributed by atoms with Gasteiger partial charge in [-0.1, -0.05) is 48.5 Å². The SMILES string of the molecule is O=C(c1ccc2ccccc2c1)C(Cl)c1ccc(F)cc1. The fourth-order valence-corrected chi connectivity index (χ4v) is 2.54. The Hall–Kier alpha value is -2.19. The van der Waals surface area contributed by atoms with Crippen molar-refractivity contribution in [1.29, 1.82) is 0 Å². The number of Topliss-reactive ketones (excluding diaryl/α,β-unsaturated/α-hetero) is 1. The highest BCUT2D eigenvalue weighted by atomic mass is 35.5. The highest BCUT2D eigenvalue weighted by molar-refractivity contribution is 6.34. The number of rotatable bonds is 3. The topological polar surface area (TPSA) is 17.1 Å². The Balaban J connectivity index is 1.94. The number of carbonyl (C=O) groups is 1. The maximum Gasteiger partial charge on any atom is 0.185 e. The highest BCUT2D eigenvalue weighted by Gasteiger charge is 2.19. The predicted molar refractivity (Wildman–Crippen MR) is 83.3 cm³/mol. The monoisotopic (exact) mass is 298 g/mol. The maximum atomic E-state index is 12.9. The highest BCUT2D eigenvalue weighted by Crippen LogP contribution is 2.26. The van der Waals surface area contributed by atoms with Crippen molar-refractivity contribution in [3.63, 3.8) is 0 Å². The second kappa shape index (κ2) is 5.66. The van der Waals surface area contributed by atoms with Crippen LogP contribution in [0.4, 0.5) is 4.39 Å². The van der Waals surface area contributed by atoms with Crippen LogP contribution in [0.15, 0.2) is 66.7 Å². The standard InChI is InChI=1S/C18H12ClFO/c19-17(13-7-9-16(20)10-8-13)18(21)15-6-5-12-3-1-2-4-14(12)11-15/h1-11,17H. The van der Waals surface area contributed by atoms with Gasteiger partial charge in [0.2, 0.25) is 0 Å². The van der Waals surface area contributed by atoms with E-state index in [0.717, 1.165) is 10.8 Å². The third kappa shape index (κ3) is 2.81. The van der Waals surface area contributed by atoms with Crippen LogP contribution in [0.2, 0.25) is 0 Å². The summed E-state index contributed by atoms with van der Waals surface area (Å²) in [5.41, 5.74) is 1.15. The third-order valence-corrected chi connectivity index (χ3v) is 3.88. The molecule has 1 unspecified atom stereocenters. The maximum absolute atomic E-state index is 12.9. The Bertz CT molecular complexity index is 796. The Morgan fingerprint density at radius 2 is 1.57 bits per heavy atom. The molecule has 3 heteroatoms. The van der Waals surface area contributed by atoms with Crippen molar-refractivity contribution in [2.45, 2.75) is 5.38 Å². The van der Waals surface area contributed by atoms with Gasteiger partial charge in [-0.3, -0.25) is 4.79 Å². The fourth-order valence-electron chi connectivity index (χ4n) is 2.27. The van der Waals surface area contributed by atoms with Gasteiger partial charge in [-0.15, -0.1) is 11.6 Å². The quantitative estimate of drug-likeness (QED) is 0.483. The van der Waals surface area contributed by atoms with E-state index in [4.69, 9.17) is 11.6 Å². The first-order chi connectivity index (χ1) is 10.1. The molecule has 3 aromatic carbocycles. The van der Waals surface area contributed by atoms with Gasteiger partial charge in [-0.25, -0.2) is 4.39 Å². The summed E-state index contributed by atoms with van der Waals surface area (Å²) >= 11 is 6.22. The zero-order valence-electron chi connectivity index (χ0n) is 11.1. The number of halogens is 2. The summed E-state index contributed by atoms with van der Waals surface area (Å²) in [6.45, 7) is 0. The second-order valence-corrected chi connectivity index (χ2v) is 5.28. The third-order valence-electron chi connectivity index (χ3n) is 3.43. The Kier molecular flexibility index (Phi) is 3.72. The molecule has 0 radical (unpaired) electrons. The average molecular weight is 299 g/mol. The molecule has 0 aliphatic carbocycles. The first-order valence-electron chi connectivity index (χ1n) is 6.58. The van der Waals surface area contributed by atoms with Crippen LogP contribution in [-0.4, -0.2) is 5.78 Å². The molecule has 0 amide bonds. The number of carbonyl (C=O) groups excluding carboxylic acids is 1. The molecule has 0 N–H and O–H groups in total. The minimum atomic E-state index is -0.813. The summed E-state index contributed by atoms with van der Waals surface area (Å²) in [6, 6.07) is 19.0. The molecule has 3 rings (SSSR count). The first-order valence-corrected chi connectivity index (χ1v) is 7.01. The number of ketones is 1. The Morgan fingerprint density at radius 3 is 2.29 bits per heavy atom. The van der Waals surface area contributed by atoms with E-state index >= 15 is 0 Å². The van der Waals surface area contributed by atoms with Crippen molar-refractivity contribution in [3.05, 3.63) is 83.7 Å². The van der Waals surface area contributed by atoms with Gasteiger partial charge in [0.15, 0.2) is 5.78 Å². The summed E-state index contributed by atoms with van der Waals surface area (Å²) in [5.74, 6) is -0.533. The number of hydrogen-bond acceptors (Lipinski definition) is 1. The van der Waals surface area contributed by atoms with E-state index in [2.05, 4.69) is 0 Å². The van der Waals surface area contributed by atoms with Gasteiger partial charge >= 0.3 is 0 Å². The number of benzene rings is 3. The number of hydrogen-bond donors (Lipinski definition) is 0. The van der Waals surface area contributed by atoms with Crippen molar-refractivity contribution in [2.75, 3.05) is 0 Å². The van der Waals surface area contributed by atoms with Gasteiger partial charge in [0.1, 0.15) is 11.2 Å². The zero-order valence-corrected chi connectivity index (χ0v) is 11.8. The van der Waals surface area contributed by atoms with Crippen molar-refractivity contribution in [1.82, 2.24) is 0 Å². The minimum Gasteiger partial charge on any atom is -0.292 e. The lowest BCUT2D eigenvalue weighted by Crippen LogP contribution is -2.07. The van der Waals surface area contributed by atoms with E-state index in [1.54, 1.807) is 6.07 Å². The van der Waals surface area contributed by atoms with Gasteiger partial charge in [-0.2, -0.15) is 0 Å². The molecule has 104 valence electrons. The van der Waals surface area contributed by atoms with E-state index in [0.29, 0.717) is 11.1 Å². The molecule has 0 aromatic heterocycles. The lowest BCUT2D eigenvalue weighted by atomic mass is 9.99. The number of alkyl halides is 1. The van der Waals surface area contributed by atoms with Crippen LogP contribution in [0, 0.1) is 5.82 Å². The van der Waals surface area contributed by atoms with Gasteiger partial charge in [0.25, 0.3) is 0 Å². The molecule has 0 saturated heterocycles. The molecule has 0 saturated carbocycles. The molecule has 0 heterocycles. The van der Waals surface area contributed by atoms with Crippen molar-refractivity contribution in [3.8, 4) is 0 Å². The van der Waals surface area contributed by atoms with E-state index in [-0.39, 0.29) is 11.6 Å². The smallest absolute Gasteiger partial charge is 0.185 e. The molecule has 0 aliphatic rings. The van der Waals surface area contributed by atoms with Gasteiger partial charge < -0.3 is 0 Å². The summed E-state index contributed by atoms with van der Waals surface area (Å²) < 4.78 is 12.9. The molecular formula is C18H12ClFO. The molecule has 0 fully saturated rings. The van der Waals surface area contributed by atoms with Crippen LogP contribution >= 0.6 is 11.6 Å². The molecule has 3 aromatic rings. The Morgan fingerprint density at radius 1 is 0.905 bits per heavy atom. The van der Waals surface area contributed by atoms with Crippen LogP contribution < -0.4 is 0 Å². The summed E-state index contributed by atoms with van der Waals surface area (Å²) in [7, 11) is 0. The summed E-state index contributed by atoms with van der Waals surface area (Å²) in [6.07, 6.45) is 0. The second-order valence-electron chi connectivity index (χ2n) is 4.84. The van der Waals surface area contributed by atoms with Crippen LogP contribution in [0.3, 0.4) is 0 Å². The predicted octanol–water partition coefficient (Wildman–Crippen LogP) is 5.14. The van der Waals surface area contributed by atoms with E-state index in [9.17, 15) is 9.18 Å². The summed E-state index contributed by atoms with van der Waals surface area (Å²) in [5, 5.41) is 1.25. The zero-order chi connectivity index (χ0) is 14.8. The van der Waals surface area contributed by atoms with Crippen LogP contribution in [-0.2, 0) is 0 Å². The lowest BCUT2D eigenvalue weighted by molar-refractivity contribution is 0.0987. The van der Waals surface area contributed by atoms with Crippen molar-refractivity contribution < 1.29 is 9.18 Å². The van der Waals surface area contributed by atoms with Gasteiger partial charge in [0, 0.05) is 5.56 Å². The first kappa shape index (κ1) is 13.8. The van der Waals surface area contributed by atoms with Crippen molar-refractivity contribution >= 4 is 28.2 Å². The van der Waals surface area contributed by atoms with Gasteiger partial charge in [0.05, 0.1) is 0 Å². The van der Waals surface area contributed by atoms with E-state index in [1.807, 2.05) is 36.4 Å². The number of fused-ring (bicyclic) bond motifs is 1. The molecule has 0 aliphatic heterocycles. The molecular weight excluding hydrogens is 287 g/mol. The van der Waals surface area contributed by atoms with Crippen LogP contribution in [0.25, 0.3) is 10.8 Å². The van der Waals surface area contributed by atoms with E-state index < -0.39 is 5.38 Å². The van der Waals surface area contributed by atoms with Gasteiger partial charge in [-0.05, 0) is 34.5 Å². The molecule has 0 bridgehead atoms. The fraction of sp³-hybridized carbons (Fsp3) is 0.0556. The normalized spacial score (nSPS) is 12.3.